The van der Waals surface area contributed by atoms with E-state index >= 15 is 0 Å². The first-order valence-corrected chi connectivity index (χ1v) is 15.4. The molecule has 0 bridgehead atoms. The topological polar surface area (TPSA) is 38.7 Å². The van der Waals surface area contributed by atoms with Crippen molar-refractivity contribution >= 4 is 8.07 Å². The molecule has 35 heavy (non-hydrogen) atoms. The molecular formula is C31H42O3Si. The Kier molecular flexibility index (Phi) is 16.5. The van der Waals surface area contributed by atoms with Gasteiger partial charge in [0.05, 0.1) is 14.2 Å². The summed E-state index contributed by atoms with van der Waals surface area (Å²) in [4.78, 5) is 0. The summed E-state index contributed by atoms with van der Waals surface area (Å²) in [5, 5.41) is 9.47. The fourth-order valence-corrected chi connectivity index (χ4v) is 3.76. The van der Waals surface area contributed by atoms with Crippen LogP contribution in [0.25, 0.3) is 0 Å². The highest BCUT2D eigenvalue weighted by Crippen LogP contribution is 2.22. The van der Waals surface area contributed by atoms with Crippen molar-refractivity contribution in [3.05, 3.63) is 85.0 Å². The molecular weight excluding hydrogens is 448 g/mol. The van der Waals surface area contributed by atoms with E-state index in [0.717, 1.165) is 23.5 Å². The van der Waals surface area contributed by atoms with Gasteiger partial charge in [0.25, 0.3) is 0 Å². The van der Waals surface area contributed by atoms with Crippen molar-refractivity contribution in [1.82, 2.24) is 0 Å². The molecule has 0 amide bonds. The van der Waals surface area contributed by atoms with Crippen molar-refractivity contribution in [1.29, 1.82) is 0 Å². The Morgan fingerprint density at radius 2 is 1.26 bits per heavy atom. The fraction of sp³-hybridized carbons (Fsp3) is 0.355. The van der Waals surface area contributed by atoms with E-state index in [4.69, 9.17) is 9.47 Å². The number of hydrogen-bond acceptors (Lipinski definition) is 3. The van der Waals surface area contributed by atoms with Gasteiger partial charge in [-0.15, -0.1) is 25.0 Å². The first kappa shape index (κ1) is 31.8. The Morgan fingerprint density at radius 1 is 0.800 bits per heavy atom. The summed E-state index contributed by atoms with van der Waals surface area (Å²) < 4.78 is 10.1. The molecule has 1 unspecified atom stereocenters. The lowest BCUT2D eigenvalue weighted by Crippen LogP contribution is -2.16. The number of aliphatic hydroxyl groups excluding tert-OH is 1. The number of rotatable bonds is 8. The van der Waals surface area contributed by atoms with Crippen LogP contribution < -0.4 is 9.47 Å². The monoisotopic (exact) mass is 490 g/mol. The molecule has 0 heterocycles. The molecule has 4 heteroatoms. The average molecular weight is 491 g/mol. The Labute approximate surface area is 214 Å². The maximum Gasteiger partial charge on any atom is 0.140 e. The Bertz CT molecular complexity index is 978. The van der Waals surface area contributed by atoms with Crippen LogP contribution in [0, 0.1) is 23.7 Å². The van der Waals surface area contributed by atoms with Crippen LogP contribution in [0.15, 0.2) is 73.8 Å². The van der Waals surface area contributed by atoms with Crippen molar-refractivity contribution in [3.63, 3.8) is 0 Å². The van der Waals surface area contributed by atoms with Crippen LogP contribution in [0.2, 0.25) is 25.7 Å². The molecule has 0 fully saturated rings. The molecule has 2 aromatic carbocycles. The molecule has 0 aliphatic heterocycles. The molecule has 2 aromatic rings. The van der Waals surface area contributed by atoms with E-state index in [1.165, 1.54) is 11.6 Å². The van der Waals surface area contributed by atoms with Crippen LogP contribution in [-0.2, 0) is 0 Å². The van der Waals surface area contributed by atoms with Gasteiger partial charge in [-0.3, -0.25) is 0 Å². The second-order valence-corrected chi connectivity index (χ2v) is 14.4. The lowest BCUT2D eigenvalue weighted by molar-refractivity contribution is 0.238. The minimum atomic E-state index is -0.775. The van der Waals surface area contributed by atoms with Gasteiger partial charge in [-0.1, -0.05) is 67.9 Å². The quantitative estimate of drug-likeness (QED) is 0.235. The third-order valence-electron chi connectivity index (χ3n) is 4.71. The summed E-state index contributed by atoms with van der Waals surface area (Å²) in [5.74, 6) is 13.4. The van der Waals surface area contributed by atoms with Crippen LogP contribution in [0.3, 0.4) is 0 Å². The zero-order chi connectivity index (χ0) is 26.7. The number of methoxy groups -OCH3 is 2. The van der Waals surface area contributed by atoms with Crippen LogP contribution in [0.4, 0.5) is 0 Å². The highest BCUT2D eigenvalue weighted by molar-refractivity contribution is 6.76. The maximum absolute atomic E-state index is 9.47. The molecule has 2 atom stereocenters. The van der Waals surface area contributed by atoms with Crippen LogP contribution in [0.1, 0.15) is 43.4 Å². The van der Waals surface area contributed by atoms with E-state index in [-0.39, 0.29) is 5.92 Å². The summed E-state index contributed by atoms with van der Waals surface area (Å²) in [6.45, 7) is 18.0. The van der Waals surface area contributed by atoms with E-state index in [1.807, 2.05) is 31.2 Å². The number of allylic oxidation sites excluding steroid dienone is 2. The van der Waals surface area contributed by atoms with Crippen LogP contribution in [-0.4, -0.2) is 27.4 Å². The number of ether oxygens (including phenoxy) is 2. The van der Waals surface area contributed by atoms with Gasteiger partial charge in [0.1, 0.15) is 17.6 Å². The van der Waals surface area contributed by atoms with Gasteiger partial charge in [0.2, 0.25) is 0 Å². The van der Waals surface area contributed by atoms with Gasteiger partial charge < -0.3 is 14.6 Å². The van der Waals surface area contributed by atoms with Crippen LogP contribution >= 0.6 is 0 Å². The molecule has 188 valence electrons. The Balaban J connectivity index is 0.000000529. The zero-order valence-corrected chi connectivity index (χ0v) is 23.5. The van der Waals surface area contributed by atoms with E-state index in [9.17, 15) is 5.11 Å². The normalized spacial score (nSPS) is 11.2. The minimum Gasteiger partial charge on any atom is -0.497 e. The molecule has 0 aromatic heterocycles. The van der Waals surface area contributed by atoms with Gasteiger partial charge in [-0.05, 0) is 61.7 Å². The first-order chi connectivity index (χ1) is 16.6. The van der Waals surface area contributed by atoms with Gasteiger partial charge in [-0.2, -0.15) is 0 Å². The third kappa shape index (κ3) is 14.6. The smallest absolute Gasteiger partial charge is 0.140 e. The number of aliphatic hydroxyl groups is 1. The van der Waals surface area contributed by atoms with Gasteiger partial charge in [-0.25, -0.2) is 0 Å². The molecule has 0 aliphatic carbocycles. The van der Waals surface area contributed by atoms with Crippen molar-refractivity contribution in [2.45, 2.75) is 58.0 Å². The first-order valence-electron chi connectivity index (χ1n) is 11.7. The summed E-state index contributed by atoms with van der Waals surface area (Å²) in [5.41, 5.74) is 2.00. The van der Waals surface area contributed by atoms with Crippen LogP contribution in [0.5, 0.6) is 11.5 Å². The van der Waals surface area contributed by atoms with E-state index in [0.29, 0.717) is 0 Å². The van der Waals surface area contributed by atoms with E-state index in [1.54, 1.807) is 45.4 Å². The Morgan fingerprint density at radius 3 is 1.57 bits per heavy atom. The maximum atomic E-state index is 9.47. The highest BCUT2D eigenvalue weighted by Gasteiger charge is 2.08. The summed E-state index contributed by atoms with van der Waals surface area (Å²) in [6, 6.07) is 16.5. The van der Waals surface area contributed by atoms with E-state index in [2.05, 4.69) is 68.6 Å². The summed E-state index contributed by atoms with van der Waals surface area (Å²) >= 11 is 0. The SMILES string of the molecule is C=CC[C@H](C#CC)c1ccc(OC)cc1.C=CC[Si](C)(C)C.CC#CC(O)c1ccc(OC)cc1. The standard InChI is InChI=1S/C14H16O.C11H12O2.C6H14Si/c1-4-6-12(7-5-2)13-8-10-14(15-3)11-9-13;1-3-4-11(12)9-5-7-10(13-2)8-6-9;1-5-6-7(2,3)4/h4,8-12H,1,6H2,2-3H3;5-8,11-12H,1-2H3;5H,1,6H2,2-4H3/t12-;;/m1../s1. The van der Waals surface area contributed by atoms with Gasteiger partial charge >= 0.3 is 0 Å². The lowest BCUT2D eigenvalue weighted by atomic mass is 9.96. The molecule has 0 aliphatic rings. The van der Waals surface area contributed by atoms with Gasteiger partial charge in [0.15, 0.2) is 0 Å². The third-order valence-corrected chi connectivity index (χ3v) is 6.22. The van der Waals surface area contributed by atoms with Gasteiger partial charge in [0, 0.05) is 14.0 Å². The van der Waals surface area contributed by atoms with Crippen molar-refractivity contribution in [2.24, 2.45) is 0 Å². The molecule has 0 radical (unpaired) electrons. The average Bonchev–Trinajstić information content (AvgIpc) is 2.84. The largest absolute Gasteiger partial charge is 0.497 e. The van der Waals surface area contributed by atoms with Crippen molar-refractivity contribution in [3.8, 4) is 35.2 Å². The fourth-order valence-electron chi connectivity index (χ4n) is 2.89. The molecule has 3 nitrogen and oxygen atoms in total. The molecule has 1 N–H and O–H groups in total. The number of benzene rings is 2. The van der Waals surface area contributed by atoms with Crippen molar-refractivity contribution in [2.75, 3.05) is 14.2 Å². The summed E-state index contributed by atoms with van der Waals surface area (Å²) in [6.07, 6.45) is 4.11. The minimum absolute atomic E-state index is 0.249. The number of hydrogen-bond donors (Lipinski definition) is 1. The predicted octanol–water partition coefficient (Wildman–Crippen LogP) is 7.64. The lowest BCUT2D eigenvalue weighted by Gasteiger charge is -2.10. The molecule has 0 saturated heterocycles. The summed E-state index contributed by atoms with van der Waals surface area (Å²) in [7, 11) is 2.50. The second-order valence-electron chi connectivity index (χ2n) is 8.87. The molecule has 0 spiro atoms. The Hall–Kier alpha value is -3.18. The second kappa shape index (κ2) is 18.2. The predicted molar refractivity (Wildman–Crippen MR) is 154 cm³/mol. The molecule has 2 rings (SSSR count). The van der Waals surface area contributed by atoms with E-state index < -0.39 is 14.2 Å². The zero-order valence-electron chi connectivity index (χ0n) is 22.5. The highest BCUT2D eigenvalue weighted by atomic mass is 28.3. The molecule has 0 saturated carbocycles. The van der Waals surface area contributed by atoms with Crippen molar-refractivity contribution < 1.29 is 14.6 Å².